The Balaban J connectivity index is 1.66. The predicted octanol–water partition coefficient (Wildman–Crippen LogP) is 0.234. The first kappa shape index (κ1) is 13.7. The second-order valence-corrected chi connectivity index (χ2v) is 5.15. The summed E-state index contributed by atoms with van der Waals surface area (Å²) in [6.45, 7) is -0.262. The first-order chi connectivity index (χ1) is 9.15. The van der Waals surface area contributed by atoms with Gasteiger partial charge in [0, 0.05) is 18.2 Å². The molecular weight excluding hydrogens is 268 g/mol. The highest BCUT2D eigenvalue weighted by Crippen LogP contribution is 2.18. The second kappa shape index (κ2) is 6.42. The number of nitrogens with one attached hydrogen (secondary N) is 1. The second-order valence-electron chi connectivity index (χ2n) is 4.16. The van der Waals surface area contributed by atoms with Crippen LogP contribution in [0.3, 0.4) is 0 Å². The Hall–Kier alpha value is -1.76. The van der Waals surface area contributed by atoms with E-state index < -0.39 is 5.97 Å². The molecule has 102 valence electrons. The number of carbonyl (C=O) groups excluding carboxylic acids is 2. The van der Waals surface area contributed by atoms with Crippen LogP contribution in [0.25, 0.3) is 0 Å². The van der Waals surface area contributed by atoms with Crippen LogP contribution in [-0.4, -0.2) is 30.3 Å². The summed E-state index contributed by atoms with van der Waals surface area (Å²) < 4.78 is 5.49. The quantitative estimate of drug-likeness (QED) is 0.350. The van der Waals surface area contributed by atoms with Crippen molar-refractivity contribution in [1.82, 2.24) is 5.32 Å². The Morgan fingerprint density at radius 3 is 2.95 bits per heavy atom. The van der Waals surface area contributed by atoms with Gasteiger partial charge >= 0.3 is 5.97 Å². The minimum atomic E-state index is -0.514. The van der Waals surface area contributed by atoms with Crippen molar-refractivity contribution in [2.75, 3.05) is 12.4 Å². The third-order valence-corrected chi connectivity index (χ3v) is 3.43. The van der Waals surface area contributed by atoms with Crippen LogP contribution in [-0.2, 0) is 14.3 Å². The number of aromatic nitrogens is 1. The summed E-state index contributed by atoms with van der Waals surface area (Å²) in [6.07, 6.45) is 3.34. The van der Waals surface area contributed by atoms with Gasteiger partial charge in [-0.25, -0.2) is 0 Å². The smallest absolute Gasteiger partial charge is 0.317 e. The maximum atomic E-state index is 11.4. The van der Waals surface area contributed by atoms with Gasteiger partial charge in [0.05, 0.1) is 0 Å². The highest BCUT2D eigenvalue weighted by molar-refractivity contribution is 7.99. The van der Waals surface area contributed by atoms with Crippen molar-refractivity contribution < 1.29 is 19.1 Å². The maximum Gasteiger partial charge on any atom is 0.317 e. The fourth-order valence-electron chi connectivity index (χ4n) is 1.34. The number of nitrogens with zero attached hydrogens (tertiary/aromatic N) is 1. The summed E-state index contributed by atoms with van der Waals surface area (Å²) >= 11 is 1.08. The van der Waals surface area contributed by atoms with Gasteiger partial charge in [-0.2, -0.15) is 4.73 Å². The molecule has 19 heavy (non-hydrogen) atoms. The van der Waals surface area contributed by atoms with E-state index in [9.17, 15) is 14.8 Å². The molecule has 0 aliphatic heterocycles. The Labute approximate surface area is 114 Å². The molecule has 0 spiro atoms. The summed E-state index contributed by atoms with van der Waals surface area (Å²) in [5, 5.41) is 14.4. The lowest BCUT2D eigenvalue weighted by molar-refractivity contribution is -0.645. The first-order valence-corrected chi connectivity index (χ1v) is 6.89. The molecule has 0 radical (unpaired) electrons. The Morgan fingerprint density at radius 1 is 1.47 bits per heavy atom. The number of rotatable bonds is 6. The van der Waals surface area contributed by atoms with Gasteiger partial charge in [-0.15, -0.1) is 0 Å². The van der Waals surface area contributed by atoms with Crippen molar-refractivity contribution in [2.45, 2.75) is 23.9 Å². The van der Waals surface area contributed by atoms with Gasteiger partial charge < -0.3 is 15.3 Å². The molecule has 1 aromatic rings. The Kier molecular flexibility index (Phi) is 4.62. The molecule has 1 amide bonds. The van der Waals surface area contributed by atoms with Gasteiger partial charge in [-0.3, -0.25) is 9.59 Å². The zero-order chi connectivity index (χ0) is 13.7. The molecule has 1 aliphatic carbocycles. The number of ether oxygens (including phenoxy) is 1. The topological polar surface area (TPSA) is 82.3 Å². The van der Waals surface area contributed by atoms with Crippen LogP contribution >= 0.6 is 11.8 Å². The van der Waals surface area contributed by atoms with Gasteiger partial charge in [-0.1, -0.05) is 0 Å². The van der Waals surface area contributed by atoms with Crippen molar-refractivity contribution in [3.63, 3.8) is 0 Å². The largest absolute Gasteiger partial charge is 0.618 e. The van der Waals surface area contributed by atoms with Crippen LogP contribution in [0.15, 0.2) is 29.4 Å². The molecule has 0 aromatic carbocycles. The molecule has 1 fully saturated rings. The minimum absolute atomic E-state index is 0.00294. The number of hydrogen-bond donors (Lipinski definition) is 1. The highest BCUT2D eigenvalue weighted by atomic mass is 32.2. The van der Waals surface area contributed by atoms with Crippen molar-refractivity contribution in [3.8, 4) is 0 Å². The summed E-state index contributed by atoms with van der Waals surface area (Å²) in [6, 6.07) is 5.19. The highest BCUT2D eigenvalue weighted by Gasteiger charge is 2.23. The van der Waals surface area contributed by atoms with Crippen LogP contribution in [0, 0.1) is 5.21 Å². The van der Waals surface area contributed by atoms with Gasteiger partial charge in [0.1, 0.15) is 5.75 Å². The van der Waals surface area contributed by atoms with E-state index in [1.54, 1.807) is 18.2 Å². The average molecular weight is 282 g/mol. The fraction of sp³-hybridized carbons (Fsp3) is 0.417. The van der Waals surface area contributed by atoms with E-state index in [0.717, 1.165) is 24.6 Å². The van der Waals surface area contributed by atoms with E-state index in [-0.39, 0.29) is 24.3 Å². The first-order valence-electron chi connectivity index (χ1n) is 5.91. The molecule has 1 aliphatic rings. The SMILES string of the molecule is O=C(COC(=O)CSc1cccc[n+]1[O-])NC1CC1. The third-order valence-electron chi connectivity index (χ3n) is 2.43. The summed E-state index contributed by atoms with van der Waals surface area (Å²) in [5.41, 5.74) is 0. The summed E-state index contributed by atoms with van der Waals surface area (Å²) in [4.78, 5) is 22.7. The average Bonchev–Trinajstić information content (AvgIpc) is 3.19. The summed E-state index contributed by atoms with van der Waals surface area (Å²) in [7, 11) is 0. The lowest BCUT2D eigenvalue weighted by Gasteiger charge is -2.05. The molecule has 1 saturated carbocycles. The lowest BCUT2D eigenvalue weighted by atomic mass is 10.5. The standard InChI is InChI=1S/C12H14N2O4S/c15-10(13-9-4-5-9)7-18-12(16)8-19-11-3-1-2-6-14(11)17/h1-3,6,9H,4-5,7-8H2,(H,13,15). The van der Waals surface area contributed by atoms with E-state index in [1.807, 2.05) is 0 Å². The van der Waals surface area contributed by atoms with Gasteiger partial charge in [0.2, 0.25) is 0 Å². The molecule has 1 heterocycles. The van der Waals surface area contributed by atoms with Gasteiger partial charge in [-0.05, 0) is 30.7 Å². The number of esters is 1. The summed E-state index contributed by atoms with van der Waals surface area (Å²) in [5.74, 6) is -0.789. The molecule has 1 aromatic heterocycles. The number of hydrogen-bond acceptors (Lipinski definition) is 5. The van der Waals surface area contributed by atoms with Crippen molar-refractivity contribution in [1.29, 1.82) is 0 Å². The fourth-order valence-corrected chi connectivity index (χ4v) is 2.05. The lowest BCUT2D eigenvalue weighted by Crippen LogP contribution is -2.31. The Bertz CT molecular complexity index is 477. The molecule has 0 bridgehead atoms. The molecule has 1 N–H and O–H groups in total. The van der Waals surface area contributed by atoms with Crippen LogP contribution in [0.1, 0.15) is 12.8 Å². The van der Waals surface area contributed by atoms with Crippen molar-refractivity contribution in [2.24, 2.45) is 0 Å². The van der Waals surface area contributed by atoms with Crippen molar-refractivity contribution >= 4 is 23.6 Å². The molecule has 6 nitrogen and oxygen atoms in total. The maximum absolute atomic E-state index is 11.4. The predicted molar refractivity (Wildman–Crippen MR) is 68.2 cm³/mol. The zero-order valence-corrected chi connectivity index (χ0v) is 11.0. The van der Waals surface area contributed by atoms with E-state index >= 15 is 0 Å². The molecule has 0 unspecified atom stereocenters. The van der Waals surface area contributed by atoms with Crippen LogP contribution in [0.2, 0.25) is 0 Å². The number of amides is 1. The van der Waals surface area contributed by atoms with Crippen LogP contribution in [0.5, 0.6) is 0 Å². The van der Waals surface area contributed by atoms with Crippen LogP contribution in [0.4, 0.5) is 0 Å². The van der Waals surface area contributed by atoms with E-state index in [1.165, 1.54) is 6.20 Å². The molecule has 0 atom stereocenters. The third kappa shape index (κ3) is 4.78. The number of pyridine rings is 1. The zero-order valence-electron chi connectivity index (χ0n) is 10.2. The van der Waals surface area contributed by atoms with Gasteiger partial charge in [0.25, 0.3) is 10.9 Å². The van der Waals surface area contributed by atoms with Crippen LogP contribution < -0.4 is 10.0 Å². The minimum Gasteiger partial charge on any atom is -0.618 e. The normalized spacial score (nSPS) is 13.9. The van der Waals surface area contributed by atoms with E-state index in [4.69, 9.17) is 4.74 Å². The van der Waals surface area contributed by atoms with Gasteiger partial charge in [0.15, 0.2) is 12.8 Å². The molecule has 0 saturated heterocycles. The van der Waals surface area contributed by atoms with E-state index in [0.29, 0.717) is 9.76 Å². The molecule has 7 heteroatoms. The number of carbonyl (C=O) groups is 2. The molecular formula is C12H14N2O4S. The molecule has 2 rings (SSSR count). The van der Waals surface area contributed by atoms with Crippen molar-refractivity contribution in [3.05, 3.63) is 29.6 Å². The number of thioether (sulfide) groups is 1. The Morgan fingerprint density at radius 2 is 2.26 bits per heavy atom. The monoisotopic (exact) mass is 282 g/mol. The van der Waals surface area contributed by atoms with E-state index in [2.05, 4.69) is 5.32 Å².